The summed E-state index contributed by atoms with van der Waals surface area (Å²) in [4.78, 5) is 2.64. The summed E-state index contributed by atoms with van der Waals surface area (Å²) in [5.41, 5.74) is 2.60. The second-order valence-corrected chi connectivity index (χ2v) is 7.14. The highest BCUT2D eigenvalue weighted by atomic mass is 35.5. The van der Waals surface area contributed by atoms with E-state index in [0.717, 1.165) is 31.9 Å². The zero-order chi connectivity index (χ0) is 18.0. The van der Waals surface area contributed by atoms with Crippen LogP contribution >= 0.6 is 24.8 Å². The van der Waals surface area contributed by atoms with Gasteiger partial charge in [-0.1, -0.05) is 68.7 Å². The Labute approximate surface area is 182 Å². The number of ether oxygens (including phenoxy) is 1. The number of benzene rings is 2. The predicted octanol–water partition coefficient (Wildman–Crippen LogP) is 5.64. The normalized spacial score (nSPS) is 15.2. The molecule has 3 rings (SSSR count). The minimum Gasteiger partial charge on any atom is -0.489 e. The first-order chi connectivity index (χ1) is 12.9. The maximum atomic E-state index is 6.06. The number of nitrogens with zero attached hydrogens (tertiary/aromatic N) is 1. The van der Waals surface area contributed by atoms with Crippen molar-refractivity contribution in [3.63, 3.8) is 0 Å². The minimum atomic E-state index is 0. The Morgan fingerprint density at radius 1 is 0.964 bits per heavy atom. The number of piperazine rings is 1. The van der Waals surface area contributed by atoms with Gasteiger partial charge in [-0.3, -0.25) is 4.90 Å². The molecule has 0 aromatic heterocycles. The molecule has 0 unspecified atom stereocenters. The van der Waals surface area contributed by atoms with Crippen molar-refractivity contribution in [1.82, 2.24) is 10.2 Å². The SMILES string of the molecule is CCCCC[C@H](c1cccc(OCc2ccccc2)c1)N1CCNCC1.Cl.Cl. The van der Waals surface area contributed by atoms with Crippen LogP contribution in [0.25, 0.3) is 0 Å². The van der Waals surface area contributed by atoms with Gasteiger partial charge in [0.25, 0.3) is 0 Å². The van der Waals surface area contributed by atoms with Crippen LogP contribution in [0, 0.1) is 0 Å². The molecule has 0 bridgehead atoms. The molecule has 1 atom stereocenters. The zero-order valence-electron chi connectivity index (χ0n) is 16.8. The average molecular weight is 425 g/mol. The second-order valence-electron chi connectivity index (χ2n) is 7.14. The van der Waals surface area contributed by atoms with Crippen molar-refractivity contribution >= 4 is 24.8 Å². The molecule has 2 aromatic rings. The topological polar surface area (TPSA) is 24.5 Å². The lowest BCUT2D eigenvalue weighted by Gasteiger charge is -2.35. The summed E-state index contributed by atoms with van der Waals surface area (Å²) in [5.74, 6) is 0.974. The van der Waals surface area contributed by atoms with E-state index in [4.69, 9.17) is 4.74 Å². The molecule has 5 heteroatoms. The number of rotatable bonds is 9. The first-order valence-electron chi connectivity index (χ1n) is 10.1. The smallest absolute Gasteiger partial charge is 0.120 e. The molecule has 28 heavy (non-hydrogen) atoms. The van der Waals surface area contributed by atoms with E-state index in [9.17, 15) is 0 Å². The Bertz CT molecular complexity index is 648. The number of hydrogen-bond donors (Lipinski definition) is 1. The highest BCUT2D eigenvalue weighted by Crippen LogP contribution is 2.29. The van der Waals surface area contributed by atoms with Crippen LogP contribution in [0.5, 0.6) is 5.75 Å². The molecule has 156 valence electrons. The van der Waals surface area contributed by atoms with Crippen molar-refractivity contribution in [2.75, 3.05) is 26.2 Å². The molecule has 0 spiro atoms. The summed E-state index contributed by atoms with van der Waals surface area (Å²) in [6, 6.07) is 19.6. The Morgan fingerprint density at radius 2 is 1.71 bits per heavy atom. The molecular formula is C23H34Cl2N2O. The third kappa shape index (κ3) is 7.63. The maximum Gasteiger partial charge on any atom is 0.120 e. The van der Waals surface area contributed by atoms with Gasteiger partial charge in [0.05, 0.1) is 0 Å². The first kappa shape index (κ1) is 24.8. The van der Waals surface area contributed by atoms with Crippen LogP contribution in [-0.4, -0.2) is 31.1 Å². The Morgan fingerprint density at radius 3 is 2.43 bits per heavy atom. The standard InChI is InChI=1S/C23H32N2O.2ClH/c1-2-3-5-13-23(25-16-14-24-15-17-25)21-11-8-12-22(18-21)26-19-20-9-6-4-7-10-20;;/h4,6-12,18,23-24H,2-3,5,13-17,19H2,1H3;2*1H/t23-;;/m1../s1. The van der Waals surface area contributed by atoms with Crippen molar-refractivity contribution in [2.24, 2.45) is 0 Å². The van der Waals surface area contributed by atoms with Gasteiger partial charge in [0.2, 0.25) is 0 Å². The molecular weight excluding hydrogens is 391 g/mol. The highest BCUT2D eigenvalue weighted by Gasteiger charge is 2.22. The number of unbranched alkanes of at least 4 members (excludes halogenated alkanes) is 2. The number of halogens is 2. The third-order valence-corrected chi connectivity index (χ3v) is 5.16. The average Bonchev–Trinajstić information content (AvgIpc) is 2.71. The summed E-state index contributed by atoms with van der Waals surface area (Å²) in [6.07, 6.45) is 5.11. The zero-order valence-corrected chi connectivity index (χ0v) is 18.4. The quantitative estimate of drug-likeness (QED) is 0.527. The van der Waals surface area contributed by atoms with E-state index in [0.29, 0.717) is 12.6 Å². The third-order valence-electron chi connectivity index (χ3n) is 5.16. The lowest BCUT2D eigenvalue weighted by molar-refractivity contribution is 0.162. The van der Waals surface area contributed by atoms with Crippen molar-refractivity contribution in [2.45, 2.75) is 45.3 Å². The van der Waals surface area contributed by atoms with E-state index >= 15 is 0 Å². The maximum absolute atomic E-state index is 6.06. The molecule has 1 aliphatic heterocycles. The van der Waals surface area contributed by atoms with E-state index in [1.165, 1.54) is 36.8 Å². The van der Waals surface area contributed by atoms with Gasteiger partial charge in [0, 0.05) is 32.2 Å². The van der Waals surface area contributed by atoms with Crippen LogP contribution in [0.1, 0.15) is 49.8 Å². The van der Waals surface area contributed by atoms with Gasteiger partial charge >= 0.3 is 0 Å². The van der Waals surface area contributed by atoms with Crippen molar-refractivity contribution in [3.8, 4) is 5.75 Å². The number of hydrogen-bond acceptors (Lipinski definition) is 3. The molecule has 2 aromatic carbocycles. The largest absolute Gasteiger partial charge is 0.489 e. The fourth-order valence-corrected chi connectivity index (χ4v) is 3.69. The Balaban J connectivity index is 0.00000196. The highest BCUT2D eigenvalue weighted by molar-refractivity contribution is 5.85. The lowest BCUT2D eigenvalue weighted by Crippen LogP contribution is -2.45. The second kappa shape index (κ2) is 13.8. The van der Waals surface area contributed by atoms with Crippen LogP contribution in [-0.2, 0) is 6.61 Å². The Hall–Kier alpha value is -1.26. The number of nitrogens with one attached hydrogen (secondary N) is 1. The van der Waals surface area contributed by atoms with E-state index in [1.54, 1.807) is 0 Å². The van der Waals surface area contributed by atoms with Crippen LogP contribution < -0.4 is 10.1 Å². The van der Waals surface area contributed by atoms with Gasteiger partial charge in [0.15, 0.2) is 0 Å². The summed E-state index contributed by atoms with van der Waals surface area (Å²) in [5, 5.41) is 3.47. The monoisotopic (exact) mass is 424 g/mol. The van der Waals surface area contributed by atoms with Crippen molar-refractivity contribution in [3.05, 3.63) is 65.7 Å². The van der Waals surface area contributed by atoms with Gasteiger partial charge in [-0.25, -0.2) is 0 Å². The summed E-state index contributed by atoms with van der Waals surface area (Å²) >= 11 is 0. The summed E-state index contributed by atoms with van der Waals surface area (Å²) in [6.45, 7) is 7.34. The van der Waals surface area contributed by atoms with Crippen molar-refractivity contribution in [1.29, 1.82) is 0 Å². The van der Waals surface area contributed by atoms with Crippen molar-refractivity contribution < 1.29 is 4.74 Å². The van der Waals surface area contributed by atoms with Crippen LogP contribution in [0.3, 0.4) is 0 Å². The predicted molar refractivity (Wildman–Crippen MR) is 123 cm³/mol. The van der Waals surface area contributed by atoms with E-state index < -0.39 is 0 Å². The van der Waals surface area contributed by atoms with Gasteiger partial charge in [-0.05, 0) is 29.7 Å². The molecule has 1 fully saturated rings. The van der Waals surface area contributed by atoms with Gasteiger partial charge in [-0.2, -0.15) is 0 Å². The van der Waals surface area contributed by atoms with Gasteiger partial charge < -0.3 is 10.1 Å². The Kier molecular flexibility index (Phi) is 12.2. The van der Waals surface area contributed by atoms with Crippen LogP contribution in [0.15, 0.2) is 54.6 Å². The van der Waals surface area contributed by atoms with E-state index in [1.807, 2.05) is 6.07 Å². The first-order valence-corrected chi connectivity index (χ1v) is 10.1. The van der Waals surface area contributed by atoms with Crippen LogP contribution in [0.2, 0.25) is 0 Å². The fourth-order valence-electron chi connectivity index (χ4n) is 3.69. The molecule has 0 saturated carbocycles. The molecule has 1 saturated heterocycles. The van der Waals surface area contributed by atoms with E-state index in [2.05, 4.69) is 65.7 Å². The van der Waals surface area contributed by atoms with E-state index in [-0.39, 0.29) is 24.8 Å². The molecule has 1 heterocycles. The fraction of sp³-hybridized carbons (Fsp3) is 0.478. The minimum absolute atomic E-state index is 0. The molecule has 0 radical (unpaired) electrons. The molecule has 1 aliphatic rings. The molecule has 0 aliphatic carbocycles. The van der Waals surface area contributed by atoms with Crippen LogP contribution in [0.4, 0.5) is 0 Å². The molecule has 1 N–H and O–H groups in total. The lowest BCUT2D eigenvalue weighted by atomic mass is 9.98. The van der Waals surface area contributed by atoms with Gasteiger partial charge in [0.1, 0.15) is 12.4 Å². The van der Waals surface area contributed by atoms with Gasteiger partial charge in [-0.15, -0.1) is 24.8 Å². The molecule has 3 nitrogen and oxygen atoms in total. The molecule has 0 amide bonds. The summed E-state index contributed by atoms with van der Waals surface area (Å²) < 4.78 is 6.06. The summed E-state index contributed by atoms with van der Waals surface area (Å²) in [7, 11) is 0.